The zero-order valence-corrected chi connectivity index (χ0v) is 13.5. The lowest BCUT2D eigenvalue weighted by atomic mass is 10.1. The van der Waals surface area contributed by atoms with Crippen LogP contribution in [0.25, 0.3) is 0 Å². The van der Waals surface area contributed by atoms with E-state index in [4.69, 9.17) is 39.3 Å². The Balaban J connectivity index is 2.02. The second-order valence-corrected chi connectivity index (χ2v) is 5.65. The fourth-order valence-electron chi connectivity index (χ4n) is 1.75. The highest BCUT2D eigenvalue weighted by molar-refractivity contribution is 6.41. The number of amides is 1. The van der Waals surface area contributed by atoms with Crippen LogP contribution in [0, 0.1) is 13.8 Å². The van der Waals surface area contributed by atoms with Gasteiger partial charge in [-0.3, -0.25) is 15.6 Å². The van der Waals surface area contributed by atoms with E-state index >= 15 is 0 Å². The van der Waals surface area contributed by atoms with Gasteiger partial charge in [-0.25, -0.2) is 0 Å². The third kappa shape index (κ3) is 3.81. The first-order chi connectivity index (χ1) is 9.88. The van der Waals surface area contributed by atoms with E-state index in [1.54, 1.807) is 13.8 Å². The van der Waals surface area contributed by atoms with Crippen molar-refractivity contribution in [3.63, 3.8) is 0 Å². The van der Waals surface area contributed by atoms with Gasteiger partial charge >= 0.3 is 0 Å². The van der Waals surface area contributed by atoms with Gasteiger partial charge in [-0.1, -0.05) is 40.0 Å². The Kier molecular flexibility index (Phi) is 4.98. The molecule has 1 aromatic carbocycles. The van der Waals surface area contributed by atoms with Crippen LogP contribution in [0.4, 0.5) is 5.69 Å². The highest BCUT2D eigenvalue weighted by atomic mass is 35.5. The number of nitrogens with one attached hydrogen (secondary N) is 2. The molecule has 0 fully saturated rings. The molecule has 0 saturated carbocycles. The number of benzene rings is 1. The van der Waals surface area contributed by atoms with Crippen LogP contribution in [-0.2, 0) is 11.2 Å². The summed E-state index contributed by atoms with van der Waals surface area (Å²) in [7, 11) is 0. The lowest BCUT2D eigenvalue weighted by Gasteiger charge is -2.12. The van der Waals surface area contributed by atoms with Crippen LogP contribution in [0.2, 0.25) is 15.1 Å². The largest absolute Gasteiger partial charge is 0.361 e. The summed E-state index contributed by atoms with van der Waals surface area (Å²) in [5.74, 6) is 0.344. The SMILES string of the molecule is Cc1noc(C)c1CC(=O)NNc1c(Cl)cc(Cl)cc1Cl. The lowest BCUT2D eigenvalue weighted by Crippen LogP contribution is -2.31. The highest BCUT2D eigenvalue weighted by Gasteiger charge is 2.14. The van der Waals surface area contributed by atoms with Crippen molar-refractivity contribution < 1.29 is 9.32 Å². The predicted molar refractivity (Wildman–Crippen MR) is 82.9 cm³/mol. The fourth-order valence-corrected chi connectivity index (χ4v) is 2.66. The van der Waals surface area contributed by atoms with Crippen LogP contribution in [0.5, 0.6) is 0 Å². The number of nitrogens with zero attached hydrogens (tertiary/aromatic N) is 1. The molecule has 0 bridgehead atoms. The summed E-state index contributed by atoms with van der Waals surface area (Å²) in [6.45, 7) is 3.53. The number of rotatable bonds is 4. The quantitative estimate of drug-likeness (QED) is 0.821. The molecular formula is C13H12Cl3N3O2. The molecule has 8 heteroatoms. The van der Waals surface area contributed by atoms with E-state index < -0.39 is 0 Å². The minimum atomic E-state index is -0.272. The van der Waals surface area contributed by atoms with Gasteiger partial charge in [0.15, 0.2) is 0 Å². The number of carbonyl (C=O) groups is 1. The number of hydrogen-bond donors (Lipinski definition) is 2. The van der Waals surface area contributed by atoms with E-state index in [0.717, 1.165) is 5.56 Å². The normalized spacial score (nSPS) is 10.5. The molecule has 5 nitrogen and oxygen atoms in total. The summed E-state index contributed by atoms with van der Waals surface area (Å²) in [5.41, 5.74) is 7.03. The van der Waals surface area contributed by atoms with E-state index in [2.05, 4.69) is 16.0 Å². The third-order valence-electron chi connectivity index (χ3n) is 2.85. The van der Waals surface area contributed by atoms with Gasteiger partial charge in [0.2, 0.25) is 5.91 Å². The van der Waals surface area contributed by atoms with E-state index in [1.807, 2.05) is 0 Å². The molecule has 1 heterocycles. The van der Waals surface area contributed by atoms with Crippen molar-refractivity contribution in [2.45, 2.75) is 20.3 Å². The molecule has 0 aliphatic carbocycles. The van der Waals surface area contributed by atoms with Crippen molar-refractivity contribution in [3.8, 4) is 0 Å². The van der Waals surface area contributed by atoms with Crippen molar-refractivity contribution >= 4 is 46.4 Å². The number of anilines is 1. The van der Waals surface area contributed by atoms with Gasteiger partial charge in [-0.05, 0) is 26.0 Å². The molecule has 2 rings (SSSR count). The van der Waals surface area contributed by atoms with Crippen LogP contribution < -0.4 is 10.9 Å². The molecule has 1 aromatic heterocycles. The summed E-state index contributed by atoms with van der Waals surface area (Å²) in [6.07, 6.45) is 0.136. The molecule has 2 aromatic rings. The monoisotopic (exact) mass is 347 g/mol. The molecule has 112 valence electrons. The number of carbonyl (C=O) groups excluding carboxylic acids is 1. The first-order valence-electron chi connectivity index (χ1n) is 5.99. The van der Waals surface area contributed by atoms with Crippen molar-refractivity contribution in [2.75, 3.05) is 5.43 Å². The summed E-state index contributed by atoms with van der Waals surface area (Å²) in [4.78, 5) is 11.9. The Morgan fingerprint density at radius 3 is 2.38 bits per heavy atom. The van der Waals surface area contributed by atoms with Gasteiger partial charge in [-0.2, -0.15) is 0 Å². The topological polar surface area (TPSA) is 67.2 Å². The maximum absolute atomic E-state index is 11.9. The standard InChI is InChI=1S/C13H12Cl3N3O2/c1-6-9(7(2)21-19-6)5-12(20)17-18-13-10(15)3-8(14)4-11(13)16/h3-4,18H,5H2,1-2H3,(H,17,20). The molecule has 0 aliphatic rings. The Hall–Kier alpha value is -1.43. The Morgan fingerprint density at radius 1 is 1.24 bits per heavy atom. The maximum atomic E-state index is 11.9. The van der Waals surface area contributed by atoms with Crippen molar-refractivity contribution in [2.24, 2.45) is 0 Å². The van der Waals surface area contributed by atoms with Crippen molar-refractivity contribution in [1.82, 2.24) is 10.6 Å². The second-order valence-electron chi connectivity index (χ2n) is 4.40. The zero-order valence-electron chi connectivity index (χ0n) is 11.3. The number of halogens is 3. The summed E-state index contributed by atoms with van der Waals surface area (Å²) in [6, 6.07) is 3.05. The minimum Gasteiger partial charge on any atom is -0.361 e. The molecule has 0 radical (unpaired) electrons. The second kappa shape index (κ2) is 6.56. The molecule has 0 atom stereocenters. The highest BCUT2D eigenvalue weighted by Crippen LogP contribution is 2.33. The van der Waals surface area contributed by atoms with Crippen molar-refractivity contribution in [3.05, 3.63) is 44.2 Å². The average molecular weight is 349 g/mol. The van der Waals surface area contributed by atoms with Crippen LogP contribution in [0.3, 0.4) is 0 Å². The van der Waals surface area contributed by atoms with E-state index in [0.29, 0.717) is 32.2 Å². The first kappa shape index (κ1) is 15.9. The van der Waals surface area contributed by atoms with E-state index in [1.165, 1.54) is 12.1 Å². The van der Waals surface area contributed by atoms with Gasteiger partial charge in [0.1, 0.15) is 5.76 Å². The number of hydrazine groups is 1. The number of aryl methyl sites for hydroxylation is 2. The first-order valence-corrected chi connectivity index (χ1v) is 7.13. The lowest BCUT2D eigenvalue weighted by molar-refractivity contribution is -0.119. The molecular weight excluding hydrogens is 337 g/mol. The zero-order chi connectivity index (χ0) is 15.6. The molecule has 0 spiro atoms. The van der Waals surface area contributed by atoms with Crippen LogP contribution in [0.1, 0.15) is 17.0 Å². The van der Waals surface area contributed by atoms with Crippen molar-refractivity contribution in [1.29, 1.82) is 0 Å². The maximum Gasteiger partial charge on any atom is 0.242 e. The summed E-state index contributed by atoms with van der Waals surface area (Å²) in [5, 5.41) is 4.83. The molecule has 2 N–H and O–H groups in total. The fraction of sp³-hybridized carbons (Fsp3) is 0.231. The van der Waals surface area contributed by atoms with Crippen LogP contribution in [-0.4, -0.2) is 11.1 Å². The summed E-state index contributed by atoms with van der Waals surface area (Å²) >= 11 is 17.8. The van der Waals surface area contributed by atoms with E-state index in [9.17, 15) is 4.79 Å². The van der Waals surface area contributed by atoms with E-state index in [-0.39, 0.29) is 12.3 Å². The molecule has 0 saturated heterocycles. The Morgan fingerprint density at radius 2 is 1.86 bits per heavy atom. The smallest absolute Gasteiger partial charge is 0.242 e. The van der Waals surface area contributed by atoms with Crippen LogP contribution in [0.15, 0.2) is 16.7 Å². The molecule has 1 amide bonds. The Bertz CT molecular complexity index is 643. The van der Waals surface area contributed by atoms with Crippen LogP contribution >= 0.6 is 34.8 Å². The number of aromatic nitrogens is 1. The Labute approximate surface area is 136 Å². The van der Waals surface area contributed by atoms with Gasteiger partial charge in [0.25, 0.3) is 0 Å². The summed E-state index contributed by atoms with van der Waals surface area (Å²) < 4.78 is 5.00. The third-order valence-corrected chi connectivity index (χ3v) is 3.67. The molecule has 21 heavy (non-hydrogen) atoms. The predicted octanol–water partition coefficient (Wildman–Crippen LogP) is 3.94. The van der Waals surface area contributed by atoms with Gasteiger partial charge in [0, 0.05) is 10.6 Å². The number of hydrogen-bond acceptors (Lipinski definition) is 4. The molecule has 0 aliphatic heterocycles. The molecule has 0 unspecified atom stereocenters. The van der Waals surface area contributed by atoms with Gasteiger partial charge in [-0.15, -0.1) is 0 Å². The van der Waals surface area contributed by atoms with Gasteiger partial charge in [0.05, 0.1) is 27.8 Å². The average Bonchev–Trinajstić information content (AvgIpc) is 2.69. The van der Waals surface area contributed by atoms with Gasteiger partial charge < -0.3 is 4.52 Å². The minimum absolute atomic E-state index is 0.136.